The van der Waals surface area contributed by atoms with Crippen molar-refractivity contribution in [2.24, 2.45) is 0 Å². The molecule has 6 nitrogen and oxygen atoms in total. The highest BCUT2D eigenvalue weighted by Gasteiger charge is 2.42. The Labute approximate surface area is 214 Å². The number of amides is 1. The molecule has 4 aromatic rings. The number of fused-ring (bicyclic) bond motifs is 2. The van der Waals surface area contributed by atoms with Crippen LogP contribution in [0.15, 0.2) is 71.9 Å². The smallest absolute Gasteiger partial charge is 0.237 e. The van der Waals surface area contributed by atoms with Crippen molar-refractivity contribution in [3.63, 3.8) is 0 Å². The molecule has 2 aromatic carbocycles. The third kappa shape index (κ3) is 4.66. The number of hydrogen-bond donors (Lipinski definition) is 3. The molecule has 5 rings (SSSR count). The molecule has 1 aliphatic heterocycles. The molecular formula is C29H26N4O2S. The van der Waals surface area contributed by atoms with E-state index in [9.17, 15) is 9.90 Å². The summed E-state index contributed by atoms with van der Waals surface area (Å²) in [6.07, 6.45) is 3.54. The van der Waals surface area contributed by atoms with Crippen LogP contribution in [0, 0.1) is 11.8 Å². The molecule has 3 N–H and O–H groups in total. The molecule has 36 heavy (non-hydrogen) atoms. The zero-order valence-electron chi connectivity index (χ0n) is 20.3. The van der Waals surface area contributed by atoms with Gasteiger partial charge in [-0.1, -0.05) is 25.8 Å². The summed E-state index contributed by atoms with van der Waals surface area (Å²) in [5, 5.41) is 18.3. The van der Waals surface area contributed by atoms with Crippen molar-refractivity contribution in [1.82, 2.24) is 9.97 Å². The number of hydrogen-bond acceptors (Lipinski definition) is 6. The van der Waals surface area contributed by atoms with Crippen molar-refractivity contribution in [1.29, 1.82) is 0 Å². The first-order valence-corrected chi connectivity index (χ1v) is 12.6. The highest BCUT2D eigenvalue weighted by atomic mass is 32.2. The first-order chi connectivity index (χ1) is 17.4. The number of carbonyl (C=O) groups is 1. The number of pyridine rings is 2. The number of nitrogens with one attached hydrogen (secondary N) is 2. The summed E-state index contributed by atoms with van der Waals surface area (Å²) in [4.78, 5) is 22.6. The lowest BCUT2D eigenvalue weighted by atomic mass is 9.84. The molecule has 7 heteroatoms. The maximum absolute atomic E-state index is 12.3. The van der Waals surface area contributed by atoms with Gasteiger partial charge in [-0.15, -0.1) is 11.8 Å². The third-order valence-corrected chi connectivity index (χ3v) is 7.17. The van der Waals surface area contributed by atoms with Crippen LogP contribution in [0.4, 0.5) is 17.2 Å². The van der Waals surface area contributed by atoms with Gasteiger partial charge in [-0.3, -0.25) is 4.79 Å². The van der Waals surface area contributed by atoms with E-state index in [0.29, 0.717) is 22.4 Å². The predicted octanol–water partition coefficient (Wildman–Crippen LogP) is 5.48. The number of aliphatic hydroxyl groups excluding tert-OH is 1. The van der Waals surface area contributed by atoms with Gasteiger partial charge in [0.15, 0.2) is 0 Å². The fraction of sp³-hybridized carbons (Fsp3) is 0.207. The molecule has 0 bridgehead atoms. The van der Waals surface area contributed by atoms with Crippen molar-refractivity contribution in [2.75, 3.05) is 17.2 Å². The lowest BCUT2D eigenvalue weighted by Gasteiger charge is -2.18. The molecule has 3 heterocycles. The Kier molecular flexibility index (Phi) is 6.40. The minimum absolute atomic E-state index is 0.207. The van der Waals surface area contributed by atoms with Gasteiger partial charge in [-0.2, -0.15) is 0 Å². The molecule has 0 spiro atoms. The summed E-state index contributed by atoms with van der Waals surface area (Å²) in [7, 11) is 0. The summed E-state index contributed by atoms with van der Waals surface area (Å²) in [6, 6.07) is 17.7. The number of thioether (sulfide) groups is 1. The summed E-state index contributed by atoms with van der Waals surface area (Å²) in [5.74, 6) is 6.85. The van der Waals surface area contributed by atoms with Crippen LogP contribution in [-0.4, -0.2) is 32.8 Å². The van der Waals surface area contributed by atoms with Crippen LogP contribution >= 0.6 is 11.8 Å². The standard InChI is InChI=1S/C29H26N4O2S/c1-18(2)36-22-8-6-21(7-9-22)32-27-15-23-20(16-31-27)12-13-30-25(23)11-5-19-4-10-24-26(14-19)33-28(35)29(24,3)17-34/h4,6-10,12-16,18,34H,17H2,1-3H3,(H,31,32)(H,33,35). The molecule has 0 radical (unpaired) electrons. The van der Waals surface area contributed by atoms with Crippen molar-refractivity contribution < 1.29 is 9.90 Å². The van der Waals surface area contributed by atoms with Gasteiger partial charge in [-0.05, 0) is 66.9 Å². The molecule has 180 valence electrons. The third-order valence-electron chi connectivity index (χ3n) is 6.15. The SMILES string of the molecule is CC(C)Sc1ccc(Nc2cc3c(C#Cc4ccc5c(c4)NC(=O)C5(C)CO)nccc3cn2)cc1. The number of aromatic nitrogens is 2. The van der Waals surface area contributed by atoms with Gasteiger partial charge >= 0.3 is 0 Å². The minimum Gasteiger partial charge on any atom is -0.395 e. The first kappa shape index (κ1) is 23.9. The molecule has 1 atom stereocenters. The normalized spacial score (nSPS) is 16.4. The molecule has 0 aliphatic carbocycles. The fourth-order valence-electron chi connectivity index (χ4n) is 4.15. The molecule has 1 amide bonds. The Bertz CT molecular complexity index is 1520. The quantitative estimate of drug-likeness (QED) is 0.252. The second-order valence-corrected chi connectivity index (χ2v) is 10.9. The van der Waals surface area contributed by atoms with E-state index in [2.05, 4.69) is 70.6 Å². The molecule has 0 saturated heterocycles. The van der Waals surface area contributed by atoms with E-state index in [0.717, 1.165) is 27.6 Å². The predicted molar refractivity (Wildman–Crippen MR) is 146 cm³/mol. The fourth-order valence-corrected chi connectivity index (χ4v) is 4.99. The van der Waals surface area contributed by atoms with Crippen molar-refractivity contribution in [3.05, 3.63) is 83.8 Å². The van der Waals surface area contributed by atoms with E-state index in [4.69, 9.17) is 0 Å². The Hall–Kier alpha value is -3.86. The van der Waals surface area contributed by atoms with Crippen molar-refractivity contribution in [3.8, 4) is 11.8 Å². The van der Waals surface area contributed by atoms with Crippen LogP contribution in [0.1, 0.15) is 37.6 Å². The Morgan fingerprint density at radius 2 is 1.89 bits per heavy atom. The van der Waals surface area contributed by atoms with Gasteiger partial charge in [0, 0.05) is 50.2 Å². The topological polar surface area (TPSA) is 87.1 Å². The number of benzene rings is 2. The highest BCUT2D eigenvalue weighted by molar-refractivity contribution is 7.99. The Balaban J connectivity index is 1.41. The van der Waals surface area contributed by atoms with Gasteiger partial charge in [0.25, 0.3) is 0 Å². The second kappa shape index (κ2) is 9.65. The number of rotatable bonds is 5. The van der Waals surface area contributed by atoms with E-state index in [1.54, 1.807) is 13.1 Å². The molecule has 2 aromatic heterocycles. The number of carbonyl (C=O) groups excluding carboxylic acids is 1. The van der Waals surface area contributed by atoms with Gasteiger partial charge in [0.05, 0.1) is 12.0 Å². The lowest BCUT2D eigenvalue weighted by molar-refractivity contribution is -0.121. The van der Waals surface area contributed by atoms with Gasteiger partial charge in [0.2, 0.25) is 5.91 Å². The number of anilines is 3. The van der Waals surface area contributed by atoms with Crippen LogP contribution in [0.3, 0.4) is 0 Å². The van der Waals surface area contributed by atoms with E-state index < -0.39 is 5.41 Å². The van der Waals surface area contributed by atoms with Crippen LogP contribution in [0.5, 0.6) is 0 Å². The van der Waals surface area contributed by atoms with E-state index >= 15 is 0 Å². The van der Waals surface area contributed by atoms with Crippen LogP contribution in [-0.2, 0) is 10.2 Å². The van der Waals surface area contributed by atoms with Gasteiger partial charge in [0.1, 0.15) is 11.5 Å². The van der Waals surface area contributed by atoms with E-state index in [-0.39, 0.29) is 12.5 Å². The summed E-state index contributed by atoms with van der Waals surface area (Å²) < 4.78 is 0. The van der Waals surface area contributed by atoms with Gasteiger partial charge in [-0.25, -0.2) is 9.97 Å². The summed E-state index contributed by atoms with van der Waals surface area (Å²) in [5.41, 5.74) is 2.89. The molecule has 1 aliphatic rings. The summed E-state index contributed by atoms with van der Waals surface area (Å²) >= 11 is 1.83. The molecule has 0 fully saturated rings. The number of nitrogens with zero attached hydrogens (tertiary/aromatic N) is 2. The van der Waals surface area contributed by atoms with Crippen LogP contribution in [0.25, 0.3) is 10.8 Å². The Morgan fingerprint density at radius 1 is 1.08 bits per heavy atom. The maximum atomic E-state index is 12.3. The monoisotopic (exact) mass is 494 g/mol. The van der Waals surface area contributed by atoms with E-state index in [1.807, 2.05) is 48.3 Å². The molecule has 0 saturated carbocycles. The zero-order chi connectivity index (χ0) is 25.3. The molecule has 1 unspecified atom stereocenters. The lowest BCUT2D eigenvalue weighted by Crippen LogP contribution is -2.34. The zero-order valence-corrected chi connectivity index (χ0v) is 21.1. The average Bonchev–Trinajstić information content (AvgIpc) is 3.13. The largest absolute Gasteiger partial charge is 0.395 e. The van der Waals surface area contributed by atoms with Crippen LogP contribution in [0.2, 0.25) is 0 Å². The first-order valence-electron chi connectivity index (χ1n) is 11.7. The average molecular weight is 495 g/mol. The van der Waals surface area contributed by atoms with Gasteiger partial charge < -0.3 is 15.7 Å². The van der Waals surface area contributed by atoms with E-state index in [1.165, 1.54) is 4.90 Å². The number of aliphatic hydroxyl groups is 1. The van der Waals surface area contributed by atoms with Crippen molar-refractivity contribution >= 4 is 45.6 Å². The molecular weight excluding hydrogens is 468 g/mol. The Morgan fingerprint density at radius 3 is 2.64 bits per heavy atom. The van der Waals surface area contributed by atoms with Crippen LogP contribution < -0.4 is 10.6 Å². The highest BCUT2D eigenvalue weighted by Crippen LogP contribution is 2.37. The summed E-state index contributed by atoms with van der Waals surface area (Å²) in [6.45, 7) is 5.85. The second-order valence-electron chi connectivity index (χ2n) is 9.22. The van der Waals surface area contributed by atoms with Crippen molar-refractivity contribution in [2.45, 2.75) is 36.3 Å². The minimum atomic E-state index is -0.928. The maximum Gasteiger partial charge on any atom is 0.237 e.